The Morgan fingerprint density at radius 1 is 1.73 bits per heavy atom. The Kier molecular flexibility index (Phi) is 3.92. The number of phosphoric ester groups is 1. The maximum atomic E-state index is 10.5. The van der Waals surface area contributed by atoms with Gasteiger partial charge in [0.05, 0.1) is 6.10 Å². The molecule has 8 heteroatoms. The highest BCUT2D eigenvalue weighted by molar-refractivity contribution is 7.45. The predicted octanol–water partition coefficient (Wildman–Crippen LogP) is 0.362. The second kappa shape index (κ2) is 4.20. The summed E-state index contributed by atoms with van der Waals surface area (Å²) in [6.45, 7) is 3.04. The molecule has 0 bridgehead atoms. The van der Waals surface area contributed by atoms with Gasteiger partial charge in [0.25, 0.3) is 4.91 Å². The first kappa shape index (κ1) is 10.3. The molecule has 0 rings (SSSR count). The first-order valence-corrected chi connectivity index (χ1v) is 4.19. The third-order valence-electron chi connectivity index (χ3n) is 0.517. The van der Waals surface area contributed by atoms with Crippen molar-refractivity contribution < 1.29 is 18.6 Å². The molecule has 0 amide bonds. The summed E-state index contributed by atoms with van der Waals surface area (Å²) >= 11 is 0. The average molecular weight is 181 g/mol. The molecule has 7 nitrogen and oxygen atoms in total. The normalized spacial score (nSPS) is 15.3. The fourth-order valence-corrected chi connectivity index (χ4v) is 1.02. The SMILES string of the molecule is CC(C)OP(=O)([O-])ON=[N+]=N. The molecule has 11 heavy (non-hydrogen) atoms. The molecule has 0 heterocycles. The van der Waals surface area contributed by atoms with Crippen LogP contribution in [0.2, 0.25) is 0 Å². The zero-order valence-corrected chi connectivity index (χ0v) is 6.95. The van der Waals surface area contributed by atoms with Crippen LogP contribution in [0, 0.1) is 5.53 Å². The summed E-state index contributed by atoms with van der Waals surface area (Å²) in [7, 11) is -4.40. The molecule has 1 atom stereocenters. The van der Waals surface area contributed by atoms with Gasteiger partial charge in [-0.15, -0.1) is 0 Å². The van der Waals surface area contributed by atoms with Crippen molar-refractivity contribution in [1.82, 2.24) is 4.91 Å². The van der Waals surface area contributed by atoms with Gasteiger partial charge in [0.2, 0.25) is 0 Å². The van der Waals surface area contributed by atoms with E-state index in [1.807, 2.05) is 0 Å². The van der Waals surface area contributed by atoms with Gasteiger partial charge in [-0.1, -0.05) is 0 Å². The quantitative estimate of drug-likeness (QED) is 0.292. The minimum atomic E-state index is -4.40. The standard InChI is InChI=1S/C3H8N3O4P/c1-3(2)9-11(7,8)10-6-5-4/h3-4H,1-2H3. The minimum Gasteiger partial charge on any atom is -0.745 e. The highest BCUT2D eigenvalue weighted by Crippen LogP contribution is 2.39. The summed E-state index contributed by atoms with van der Waals surface area (Å²) in [6, 6.07) is 0. The highest BCUT2D eigenvalue weighted by atomic mass is 31.2. The van der Waals surface area contributed by atoms with Gasteiger partial charge in [-0.05, 0) is 13.8 Å². The van der Waals surface area contributed by atoms with Crippen LogP contribution in [0.3, 0.4) is 0 Å². The van der Waals surface area contributed by atoms with Crippen molar-refractivity contribution in [2.75, 3.05) is 0 Å². The van der Waals surface area contributed by atoms with E-state index in [1.54, 1.807) is 0 Å². The Bertz CT molecular complexity index is 211. The molecule has 0 saturated carbocycles. The van der Waals surface area contributed by atoms with Crippen LogP contribution in [0.4, 0.5) is 0 Å². The number of hydrogen-bond donors (Lipinski definition) is 1. The molecule has 1 unspecified atom stereocenters. The number of phosphoric acid groups is 1. The minimum absolute atomic E-state index is 0.515. The van der Waals surface area contributed by atoms with E-state index in [4.69, 9.17) is 5.53 Å². The molecule has 0 radical (unpaired) electrons. The van der Waals surface area contributed by atoms with Crippen molar-refractivity contribution in [3.8, 4) is 0 Å². The monoisotopic (exact) mass is 181 g/mol. The van der Waals surface area contributed by atoms with Crippen LogP contribution in [0.1, 0.15) is 13.8 Å². The first-order chi connectivity index (χ1) is 4.98. The van der Waals surface area contributed by atoms with E-state index in [9.17, 15) is 9.46 Å². The molecule has 0 spiro atoms. The molecule has 0 fully saturated rings. The van der Waals surface area contributed by atoms with Crippen LogP contribution >= 0.6 is 7.82 Å². The van der Waals surface area contributed by atoms with Crippen molar-refractivity contribution in [2.45, 2.75) is 20.0 Å². The van der Waals surface area contributed by atoms with Gasteiger partial charge >= 0.3 is 13.1 Å². The van der Waals surface area contributed by atoms with Gasteiger partial charge in [-0.25, -0.2) is 0 Å². The summed E-state index contributed by atoms with van der Waals surface area (Å²) in [6.07, 6.45) is -0.515. The van der Waals surface area contributed by atoms with Crippen LogP contribution in [0.5, 0.6) is 0 Å². The smallest absolute Gasteiger partial charge is 0.364 e. The van der Waals surface area contributed by atoms with E-state index in [0.717, 1.165) is 0 Å². The second-order valence-corrected chi connectivity index (χ2v) is 3.13. The Morgan fingerprint density at radius 3 is 2.64 bits per heavy atom. The molecule has 64 valence electrons. The van der Waals surface area contributed by atoms with Crippen LogP contribution < -0.4 is 9.81 Å². The summed E-state index contributed by atoms with van der Waals surface area (Å²) in [5.74, 6) is 0. The fourth-order valence-electron chi connectivity index (χ4n) is 0.340. The number of nitrogens with zero attached hydrogens (tertiary/aromatic N) is 2. The lowest BCUT2D eigenvalue weighted by atomic mass is 10.5. The average Bonchev–Trinajstić information content (AvgIpc) is 1.81. The van der Waals surface area contributed by atoms with Crippen LogP contribution in [0.15, 0.2) is 5.28 Å². The summed E-state index contributed by atoms with van der Waals surface area (Å²) in [5.41, 5.74) is 6.08. The first-order valence-electron chi connectivity index (χ1n) is 2.73. The Morgan fingerprint density at radius 2 is 2.27 bits per heavy atom. The number of rotatable bonds is 4. The molecule has 0 aliphatic heterocycles. The molecule has 0 aliphatic carbocycles. The van der Waals surface area contributed by atoms with Crippen molar-refractivity contribution in [3.63, 3.8) is 0 Å². The molecule has 0 aromatic rings. The van der Waals surface area contributed by atoms with Gasteiger partial charge in [0, 0.05) is 0 Å². The van der Waals surface area contributed by atoms with Gasteiger partial charge in [-0.2, -0.15) is 0 Å². The molecule has 0 aromatic heterocycles. The summed E-state index contributed by atoms with van der Waals surface area (Å²) < 4.78 is 18.6. The van der Waals surface area contributed by atoms with Crippen LogP contribution in [0.25, 0.3) is 0 Å². The second-order valence-electron chi connectivity index (χ2n) is 1.86. The third-order valence-corrected chi connectivity index (χ3v) is 1.47. The molecular formula is C3H8N3O4P. The van der Waals surface area contributed by atoms with E-state index in [1.165, 1.54) is 13.8 Å². The van der Waals surface area contributed by atoms with Crippen molar-refractivity contribution in [2.24, 2.45) is 5.28 Å². The lowest BCUT2D eigenvalue weighted by Crippen LogP contribution is -2.10. The molecular weight excluding hydrogens is 173 g/mol. The van der Waals surface area contributed by atoms with E-state index in [-0.39, 0.29) is 0 Å². The summed E-state index contributed by atoms with van der Waals surface area (Å²) in [4.78, 5) is 12.9. The van der Waals surface area contributed by atoms with Crippen molar-refractivity contribution >= 4 is 7.82 Å². The van der Waals surface area contributed by atoms with Gasteiger partial charge in [-0.3, -0.25) is 9.19 Å². The van der Waals surface area contributed by atoms with Gasteiger partial charge in [0.1, 0.15) is 5.53 Å². The van der Waals surface area contributed by atoms with Gasteiger partial charge < -0.3 is 9.42 Å². The van der Waals surface area contributed by atoms with E-state index >= 15 is 0 Å². The van der Waals surface area contributed by atoms with E-state index in [0.29, 0.717) is 0 Å². The lowest BCUT2D eigenvalue weighted by molar-refractivity contribution is -0.229. The molecule has 0 aromatic carbocycles. The number of hydrogen-bond acceptors (Lipinski definition) is 6. The number of nitrogens with one attached hydrogen (secondary N) is 1. The Labute approximate surface area is 63.1 Å². The molecule has 1 N–H and O–H groups in total. The lowest BCUT2D eigenvalue weighted by Gasteiger charge is -2.18. The maximum absolute atomic E-state index is 10.5. The van der Waals surface area contributed by atoms with Crippen molar-refractivity contribution in [3.05, 3.63) is 0 Å². The highest BCUT2D eigenvalue weighted by Gasteiger charge is 2.14. The topological polar surface area (TPSA) is 109 Å². The maximum Gasteiger partial charge on any atom is 0.364 e. The Hall–Kier alpha value is -0.740. The zero-order chi connectivity index (χ0) is 8.91. The van der Waals surface area contributed by atoms with Crippen molar-refractivity contribution in [1.29, 1.82) is 5.53 Å². The van der Waals surface area contributed by atoms with E-state index in [2.05, 4.69) is 19.3 Å². The van der Waals surface area contributed by atoms with Crippen LogP contribution in [-0.4, -0.2) is 6.10 Å². The third kappa shape index (κ3) is 5.69. The van der Waals surface area contributed by atoms with Crippen LogP contribution in [-0.2, 0) is 13.7 Å². The zero-order valence-electron chi connectivity index (χ0n) is 6.05. The van der Waals surface area contributed by atoms with Gasteiger partial charge in [0.15, 0.2) is 0 Å². The van der Waals surface area contributed by atoms with E-state index < -0.39 is 13.9 Å². The Balaban J connectivity index is 4.00. The fraction of sp³-hybridized carbons (Fsp3) is 1.00. The predicted molar refractivity (Wildman–Crippen MR) is 32.2 cm³/mol. The summed E-state index contributed by atoms with van der Waals surface area (Å²) in [5, 5.41) is 2.49. The molecule has 0 aliphatic rings. The largest absolute Gasteiger partial charge is 0.745 e. The molecule has 0 saturated heterocycles.